The van der Waals surface area contributed by atoms with Gasteiger partial charge in [0.25, 0.3) is 0 Å². The number of benzene rings is 3. The minimum atomic E-state index is -2.99. The topological polar surface area (TPSA) is 0 Å². The Balaban J connectivity index is 2.24. The molecule has 0 atom stereocenters. The maximum absolute atomic E-state index is 2.99. The van der Waals surface area contributed by atoms with Gasteiger partial charge in [0.15, 0.2) is 0 Å². The molecule has 0 nitrogen and oxygen atoms in total. The molecule has 0 aliphatic rings. The molecule has 3 rings (SSSR count). The van der Waals surface area contributed by atoms with E-state index in [2.05, 4.69) is 121 Å². The van der Waals surface area contributed by atoms with E-state index >= 15 is 0 Å². The Morgan fingerprint density at radius 2 is 0.853 bits per heavy atom. The molecule has 0 saturated heterocycles. The van der Waals surface area contributed by atoms with Crippen molar-refractivity contribution in [2.75, 3.05) is 0 Å². The van der Waals surface area contributed by atoms with Gasteiger partial charge in [0.05, 0.1) is 0 Å². The second-order valence-corrected chi connectivity index (χ2v) is 30.6. The van der Waals surface area contributed by atoms with E-state index in [-0.39, 0.29) is 0 Å². The van der Waals surface area contributed by atoms with Gasteiger partial charge in [0.1, 0.15) is 0 Å². The van der Waals surface area contributed by atoms with Crippen molar-refractivity contribution in [1.82, 2.24) is 0 Å². The van der Waals surface area contributed by atoms with E-state index in [4.69, 9.17) is 0 Å². The van der Waals surface area contributed by atoms with Gasteiger partial charge < -0.3 is 0 Å². The second-order valence-electron chi connectivity index (χ2n) is 9.91. The average Bonchev–Trinajstić information content (AvgIpc) is 2.91. The van der Waals surface area contributed by atoms with Crippen molar-refractivity contribution in [3.63, 3.8) is 0 Å². The van der Waals surface area contributed by atoms with Crippen molar-refractivity contribution >= 4 is 44.8 Å². The molecule has 0 unspecified atom stereocenters. The van der Waals surface area contributed by atoms with Crippen LogP contribution in [0.15, 0.2) is 100.0 Å². The fourth-order valence-electron chi connectivity index (χ4n) is 5.41. The zero-order valence-corrected chi connectivity index (χ0v) is 26.6. The van der Waals surface area contributed by atoms with Crippen LogP contribution in [0, 0.1) is 0 Å². The summed E-state index contributed by atoms with van der Waals surface area (Å²) in [6.45, 7) is 7.12. The first kappa shape index (κ1) is 27.3. The monoisotopic (exact) mass is 622 g/mol. The van der Waals surface area contributed by atoms with Crippen molar-refractivity contribution in [2.24, 2.45) is 0 Å². The van der Waals surface area contributed by atoms with Crippen LogP contribution in [-0.4, -0.2) is 31.6 Å². The molecule has 0 fully saturated rings. The van der Waals surface area contributed by atoms with Gasteiger partial charge in [-0.2, -0.15) is 0 Å². The van der Waals surface area contributed by atoms with E-state index in [9.17, 15) is 0 Å². The molecule has 0 aromatic heterocycles. The van der Waals surface area contributed by atoms with Crippen LogP contribution in [0.5, 0.6) is 0 Å². The zero-order valence-electron chi connectivity index (χ0n) is 21.7. The molecule has 0 saturated carbocycles. The van der Waals surface area contributed by atoms with Crippen LogP contribution >= 0.6 is 0 Å². The Hall–Kier alpha value is -1.26. The summed E-state index contributed by atoms with van der Waals surface area (Å²) >= 11 is -5.42. The normalized spacial score (nSPS) is 12.3. The van der Waals surface area contributed by atoms with Gasteiger partial charge in [0, 0.05) is 0 Å². The number of hydrogen-bond acceptors (Lipinski definition) is 0. The van der Waals surface area contributed by atoms with Gasteiger partial charge in [-0.1, -0.05) is 0 Å². The molecule has 180 valence electrons. The van der Waals surface area contributed by atoms with Crippen molar-refractivity contribution < 1.29 is 0 Å². The molecule has 0 N–H and O–H groups in total. The first-order valence-electron chi connectivity index (χ1n) is 13.6. The van der Waals surface area contributed by atoms with E-state index in [1.54, 1.807) is 13.2 Å². The van der Waals surface area contributed by atoms with Crippen LogP contribution in [-0.2, 0) is 0 Å². The molecule has 0 amide bonds. The number of hydrogen-bond donors (Lipinski definition) is 0. The van der Waals surface area contributed by atoms with Gasteiger partial charge in [-0.3, -0.25) is 0 Å². The summed E-state index contributed by atoms with van der Waals surface area (Å²) in [6, 6.07) is 34.4. The predicted molar refractivity (Wildman–Crippen MR) is 158 cm³/mol. The van der Waals surface area contributed by atoms with Crippen LogP contribution in [0.2, 0.25) is 13.3 Å². The van der Waals surface area contributed by atoms with Gasteiger partial charge in [-0.25, -0.2) is 0 Å². The van der Waals surface area contributed by atoms with E-state index in [0.717, 1.165) is 0 Å². The zero-order chi connectivity index (χ0) is 24.1. The summed E-state index contributed by atoms with van der Waals surface area (Å²) < 4.78 is 12.2. The molecule has 0 spiro atoms. The third-order valence-corrected chi connectivity index (χ3v) is 32.7. The fourth-order valence-corrected chi connectivity index (χ4v) is 36.1. The molecule has 0 aliphatic carbocycles. The second kappa shape index (κ2) is 14.3. The van der Waals surface area contributed by atoms with E-state index in [1.807, 2.05) is 0 Å². The number of unbranched alkanes of at least 4 members (excludes halogenated alkanes) is 3. The maximum atomic E-state index is 2.95. The van der Waals surface area contributed by atoms with Gasteiger partial charge in [-0.15, -0.1) is 0 Å². The Bertz CT molecular complexity index is 847. The SMILES string of the molecule is CCC[CH2][Sn](/[CH]=[CH]/[Ge]([c]1ccccc1)([c]1ccccc1)[c]1ccccc1)([CH2]CCC)[CH2]CCC. The van der Waals surface area contributed by atoms with Crippen molar-refractivity contribution in [3.8, 4) is 0 Å². The molecular weight excluding hydrogens is 576 g/mol. The van der Waals surface area contributed by atoms with Crippen LogP contribution in [0.4, 0.5) is 0 Å². The average molecular weight is 620 g/mol. The van der Waals surface area contributed by atoms with Gasteiger partial charge in [-0.05, 0) is 0 Å². The first-order chi connectivity index (χ1) is 16.7. The molecule has 3 aromatic carbocycles. The molecule has 3 aromatic rings. The van der Waals surface area contributed by atoms with Gasteiger partial charge >= 0.3 is 217 Å². The van der Waals surface area contributed by atoms with Crippen LogP contribution in [0.3, 0.4) is 0 Å². The summed E-state index contributed by atoms with van der Waals surface area (Å²) in [5.41, 5.74) is 0. The fraction of sp³-hybridized carbons (Fsp3) is 0.375. The summed E-state index contributed by atoms with van der Waals surface area (Å²) in [6.07, 6.45) is 8.22. The third-order valence-electron chi connectivity index (χ3n) is 7.46. The van der Waals surface area contributed by atoms with Gasteiger partial charge in [0.2, 0.25) is 0 Å². The first-order valence-corrected chi connectivity index (χ1v) is 25.6. The Labute approximate surface area is 216 Å². The molecule has 0 heterocycles. The third kappa shape index (κ3) is 6.91. The summed E-state index contributed by atoms with van der Waals surface area (Å²) in [5.74, 6) is 0. The predicted octanol–water partition coefficient (Wildman–Crippen LogP) is 7.64. The molecule has 34 heavy (non-hydrogen) atoms. The summed E-state index contributed by atoms with van der Waals surface area (Å²) in [5, 5.41) is 0. The Kier molecular flexibility index (Phi) is 11.5. The minimum absolute atomic E-state index is 1.33. The van der Waals surface area contributed by atoms with E-state index in [1.165, 1.54) is 51.8 Å². The molecule has 0 aliphatic heterocycles. The van der Waals surface area contributed by atoms with E-state index < -0.39 is 31.6 Å². The Morgan fingerprint density at radius 1 is 0.529 bits per heavy atom. The quantitative estimate of drug-likeness (QED) is 0.163. The van der Waals surface area contributed by atoms with E-state index in [0.29, 0.717) is 0 Å². The van der Waals surface area contributed by atoms with Crippen molar-refractivity contribution in [2.45, 2.75) is 72.6 Å². The summed E-state index contributed by atoms with van der Waals surface area (Å²) in [7, 11) is 0. The molecular formula is C32H44GeSn. The standard InChI is InChI=1S/C20H17Ge.3C4H9.Sn/c1-2-21(18-12-6-3-7-13-18,19-14-8-4-9-15-19)20-16-10-5-11-17-20;3*1-3-4-2;/h1-17H;3*1,3-4H2,2H3;. The summed E-state index contributed by atoms with van der Waals surface area (Å²) in [4.78, 5) is 2.86. The van der Waals surface area contributed by atoms with Crippen molar-refractivity contribution in [1.29, 1.82) is 0 Å². The molecule has 0 bridgehead atoms. The number of rotatable bonds is 14. The van der Waals surface area contributed by atoms with Crippen LogP contribution < -0.4 is 13.2 Å². The Morgan fingerprint density at radius 3 is 1.15 bits per heavy atom. The molecule has 0 radical (unpaired) electrons. The van der Waals surface area contributed by atoms with Crippen LogP contribution in [0.25, 0.3) is 0 Å². The van der Waals surface area contributed by atoms with Crippen molar-refractivity contribution in [3.05, 3.63) is 100.0 Å². The molecule has 2 heteroatoms. The van der Waals surface area contributed by atoms with Crippen LogP contribution in [0.1, 0.15) is 59.3 Å².